The molecule has 0 amide bonds. The van der Waals surface area contributed by atoms with E-state index in [1.165, 1.54) is 16.2 Å². The van der Waals surface area contributed by atoms with Crippen molar-refractivity contribution in [3.8, 4) is 0 Å². The molecular formula is C17H33N3S. The third kappa shape index (κ3) is 5.70. The van der Waals surface area contributed by atoms with E-state index in [0.29, 0.717) is 12.6 Å². The van der Waals surface area contributed by atoms with Gasteiger partial charge in [-0.1, -0.05) is 27.7 Å². The molecule has 1 aromatic heterocycles. The standard InChI is InChI=1S/C17H33N3S/c1-7-10-20(12-11-19(5)6)14(13-18)15-8-9-16(21-15)17(2,3)4/h8-9,14H,7,10-13,18H2,1-6H3. The van der Waals surface area contributed by atoms with Gasteiger partial charge in [0.2, 0.25) is 0 Å². The Labute approximate surface area is 135 Å². The van der Waals surface area contributed by atoms with Gasteiger partial charge in [0.15, 0.2) is 0 Å². The van der Waals surface area contributed by atoms with Gasteiger partial charge in [-0.2, -0.15) is 0 Å². The van der Waals surface area contributed by atoms with Crippen molar-refractivity contribution in [3.63, 3.8) is 0 Å². The molecule has 122 valence electrons. The summed E-state index contributed by atoms with van der Waals surface area (Å²) in [6.07, 6.45) is 1.17. The van der Waals surface area contributed by atoms with Crippen LogP contribution in [-0.2, 0) is 5.41 Å². The molecule has 0 fully saturated rings. The van der Waals surface area contributed by atoms with Crippen LogP contribution in [0.5, 0.6) is 0 Å². The minimum Gasteiger partial charge on any atom is -0.329 e. The van der Waals surface area contributed by atoms with E-state index in [1.807, 2.05) is 11.3 Å². The minimum absolute atomic E-state index is 0.223. The van der Waals surface area contributed by atoms with E-state index in [2.05, 4.69) is 63.7 Å². The maximum absolute atomic E-state index is 6.11. The van der Waals surface area contributed by atoms with E-state index in [9.17, 15) is 0 Å². The first kappa shape index (κ1) is 18.6. The molecule has 0 saturated heterocycles. The number of thiophene rings is 1. The lowest BCUT2D eigenvalue weighted by atomic mass is 9.95. The molecule has 1 rings (SSSR count). The van der Waals surface area contributed by atoms with Crippen LogP contribution in [0.25, 0.3) is 0 Å². The summed E-state index contributed by atoms with van der Waals surface area (Å²) in [4.78, 5) is 7.64. The Kier molecular flexibility index (Phi) is 7.34. The van der Waals surface area contributed by atoms with E-state index >= 15 is 0 Å². The Morgan fingerprint density at radius 1 is 1.14 bits per heavy atom. The van der Waals surface area contributed by atoms with Crippen LogP contribution in [0.1, 0.15) is 49.9 Å². The maximum Gasteiger partial charge on any atom is 0.0564 e. The average molecular weight is 312 g/mol. The topological polar surface area (TPSA) is 32.5 Å². The van der Waals surface area contributed by atoms with E-state index in [4.69, 9.17) is 5.73 Å². The van der Waals surface area contributed by atoms with Gasteiger partial charge in [0.25, 0.3) is 0 Å². The second-order valence-corrected chi connectivity index (χ2v) is 8.16. The molecule has 0 bridgehead atoms. The molecule has 1 aromatic rings. The molecule has 0 spiro atoms. The van der Waals surface area contributed by atoms with E-state index in [1.54, 1.807) is 0 Å². The molecule has 0 aliphatic carbocycles. The smallest absolute Gasteiger partial charge is 0.0564 e. The van der Waals surface area contributed by atoms with E-state index in [0.717, 1.165) is 19.6 Å². The molecule has 1 heterocycles. The molecule has 0 radical (unpaired) electrons. The van der Waals surface area contributed by atoms with Gasteiger partial charge in [0, 0.05) is 29.4 Å². The lowest BCUT2D eigenvalue weighted by Gasteiger charge is -2.31. The molecule has 1 unspecified atom stereocenters. The van der Waals surface area contributed by atoms with Gasteiger partial charge in [-0.3, -0.25) is 4.90 Å². The first-order valence-electron chi connectivity index (χ1n) is 7.98. The predicted octanol–water partition coefficient (Wildman–Crippen LogP) is 3.32. The van der Waals surface area contributed by atoms with Crippen molar-refractivity contribution < 1.29 is 0 Å². The summed E-state index contributed by atoms with van der Waals surface area (Å²) in [5.74, 6) is 0. The Balaban J connectivity index is 2.88. The molecule has 0 aliphatic rings. The van der Waals surface area contributed by atoms with Crippen LogP contribution in [0.3, 0.4) is 0 Å². The molecular weight excluding hydrogens is 278 g/mol. The summed E-state index contributed by atoms with van der Waals surface area (Å²) in [6.45, 7) is 13.0. The second kappa shape index (κ2) is 8.28. The van der Waals surface area contributed by atoms with Crippen molar-refractivity contribution in [2.75, 3.05) is 40.3 Å². The molecule has 4 heteroatoms. The summed E-state index contributed by atoms with van der Waals surface area (Å²) in [5, 5.41) is 0. The molecule has 0 saturated carbocycles. The Bertz CT molecular complexity index is 406. The fourth-order valence-corrected chi connectivity index (χ4v) is 3.63. The molecule has 3 nitrogen and oxygen atoms in total. The zero-order valence-corrected chi connectivity index (χ0v) is 15.5. The number of hydrogen-bond acceptors (Lipinski definition) is 4. The Morgan fingerprint density at radius 2 is 1.81 bits per heavy atom. The summed E-state index contributed by atoms with van der Waals surface area (Å²) < 4.78 is 0. The van der Waals surface area contributed by atoms with Crippen LogP contribution in [0, 0.1) is 0 Å². The van der Waals surface area contributed by atoms with Crippen LogP contribution < -0.4 is 5.73 Å². The molecule has 0 aliphatic heterocycles. The highest BCUT2D eigenvalue weighted by molar-refractivity contribution is 7.12. The monoisotopic (exact) mass is 311 g/mol. The SMILES string of the molecule is CCCN(CCN(C)C)C(CN)c1ccc(C(C)(C)C)s1. The number of nitrogens with two attached hydrogens (primary N) is 1. The van der Waals surface area contributed by atoms with Gasteiger partial charge in [-0.05, 0) is 44.6 Å². The van der Waals surface area contributed by atoms with Gasteiger partial charge < -0.3 is 10.6 Å². The highest BCUT2D eigenvalue weighted by Crippen LogP contribution is 2.34. The largest absolute Gasteiger partial charge is 0.329 e. The van der Waals surface area contributed by atoms with Crippen molar-refractivity contribution >= 4 is 11.3 Å². The Hall–Kier alpha value is -0.420. The zero-order valence-electron chi connectivity index (χ0n) is 14.6. The fraction of sp³-hybridized carbons (Fsp3) is 0.765. The first-order chi connectivity index (χ1) is 9.79. The average Bonchev–Trinajstić information content (AvgIpc) is 2.86. The first-order valence-corrected chi connectivity index (χ1v) is 8.80. The van der Waals surface area contributed by atoms with Crippen LogP contribution in [-0.4, -0.2) is 50.1 Å². The van der Waals surface area contributed by atoms with Crippen molar-refractivity contribution in [2.24, 2.45) is 5.73 Å². The van der Waals surface area contributed by atoms with Gasteiger partial charge in [-0.25, -0.2) is 0 Å². The third-order valence-corrected chi connectivity index (χ3v) is 5.32. The quantitative estimate of drug-likeness (QED) is 0.799. The third-order valence-electron chi connectivity index (χ3n) is 3.70. The predicted molar refractivity (Wildman–Crippen MR) is 95.2 cm³/mol. The lowest BCUT2D eigenvalue weighted by Crippen LogP contribution is -2.38. The summed E-state index contributed by atoms with van der Waals surface area (Å²) >= 11 is 1.93. The number of likely N-dealkylation sites (N-methyl/N-ethyl adjacent to an activating group) is 1. The summed E-state index contributed by atoms with van der Waals surface area (Å²) in [7, 11) is 4.26. The second-order valence-electron chi connectivity index (χ2n) is 7.04. The van der Waals surface area contributed by atoms with Crippen LogP contribution >= 0.6 is 11.3 Å². The Morgan fingerprint density at radius 3 is 2.24 bits per heavy atom. The number of nitrogens with zero attached hydrogens (tertiary/aromatic N) is 2. The van der Waals surface area contributed by atoms with Gasteiger partial charge in [0.1, 0.15) is 0 Å². The van der Waals surface area contributed by atoms with Gasteiger partial charge in [0.05, 0.1) is 6.04 Å². The number of rotatable bonds is 8. The molecule has 21 heavy (non-hydrogen) atoms. The zero-order chi connectivity index (χ0) is 16.0. The van der Waals surface area contributed by atoms with Crippen LogP contribution in [0.15, 0.2) is 12.1 Å². The summed E-state index contributed by atoms with van der Waals surface area (Å²) in [5.41, 5.74) is 6.34. The lowest BCUT2D eigenvalue weighted by molar-refractivity contribution is 0.185. The van der Waals surface area contributed by atoms with E-state index in [-0.39, 0.29) is 5.41 Å². The normalized spacial score (nSPS) is 14.1. The van der Waals surface area contributed by atoms with Crippen LogP contribution in [0.2, 0.25) is 0 Å². The fourth-order valence-electron chi connectivity index (χ4n) is 2.42. The van der Waals surface area contributed by atoms with Crippen molar-refractivity contribution in [1.82, 2.24) is 9.80 Å². The van der Waals surface area contributed by atoms with Gasteiger partial charge >= 0.3 is 0 Å². The molecule has 2 N–H and O–H groups in total. The molecule has 1 atom stereocenters. The van der Waals surface area contributed by atoms with Crippen molar-refractivity contribution in [1.29, 1.82) is 0 Å². The molecule has 0 aromatic carbocycles. The summed E-state index contributed by atoms with van der Waals surface area (Å²) in [6, 6.07) is 4.91. The minimum atomic E-state index is 0.223. The van der Waals surface area contributed by atoms with Gasteiger partial charge in [-0.15, -0.1) is 11.3 Å². The number of hydrogen-bond donors (Lipinski definition) is 1. The van der Waals surface area contributed by atoms with Crippen molar-refractivity contribution in [3.05, 3.63) is 21.9 Å². The highest BCUT2D eigenvalue weighted by Gasteiger charge is 2.23. The van der Waals surface area contributed by atoms with E-state index < -0.39 is 0 Å². The highest BCUT2D eigenvalue weighted by atomic mass is 32.1. The van der Waals surface area contributed by atoms with Crippen molar-refractivity contribution in [2.45, 2.75) is 45.6 Å². The van der Waals surface area contributed by atoms with Crippen LogP contribution in [0.4, 0.5) is 0 Å². The maximum atomic E-state index is 6.11.